The summed E-state index contributed by atoms with van der Waals surface area (Å²) in [6.45, 7) is 6.06. The van der Waals surface area contributed by atoms with E-state index in [0.717, 1.165) is 23.3 Å². The summed E-state index contributed by atoms with van der Waals surface area (Å²) in [6, 6.07) is 15.6. The minimum Gasteiger partial charge on any atom is -0.267 e. The molecule has 3 heteroatoms. The van der Waals surface area contributed by atoms with Gasteiger partial charge < -0.3 is 0 Å². The highest BCUT2D eigenvalue weighted by Crippen LogP contribution is 2.07. The number of carbonyl (C=O) groups excluding carboxylic acids is 1. The lowest BCUT2D eigenvalue weighted by atomic mass is 10.1. The van der Waals surface area contributed by atoms with Gasteiger partial charge in [-0.3, -0.25) is 4.79 Å². The van der Waals surface area contributed by atoms with Crippen molar-refractivity contribution in [1.29, 1.82) is 0 Å². The fraction of sp³-hybridized carbons (Fsp3) is 0.222. The van der Waals surface area contributed by atoms with Crippen LogP contribution in [0.2, 0.25) is 0 Å². The van der Waals surface area contributed by atoms with Crippen molar-refractivity contribution in [2.45, 2.75) is 27.2 Å². The van der Waals surface area contributed by atoms with Crippen molar-refractivity contribution in [3.63, 3.8) is 0 Å². The molecule has 0 atom stereocenters. The third-order valence-electron chi connectivity index (χ3n) is 3.33. The third kappa shape index (κ3) is 4.02. The Labute approximate surface area is 125 Å². The van der Waals surface area contributed by atoms with Gasteiger partial charge in [-0.15, -0.1) is 0 Å². The van der Waals surface area contributed by atoms with Crippen molar-refractivity contribution in [2.75, 3.05) is 0 Å². The van der Waals surface area contributed by atoms with Crippen LogP contribution in [-0.2, 0) is 0 Å². The van der Waals surface area contributed by atoms with Gasteiger partial charge in [0, 0.05) is 5.56 Å². The van der Waals surface area contributed by atoms with Crippen LogP contribution in [0.1, 0.15) is 40.4 Å². The Morgan fingerprint density at radius 3 is 1.86 bits per heavy atom. The summed E-state index contributed by atoms with van der Waals surface area (Å²) in [6.07, 6.45) is 0.761. The van der Waals surface area contributed by atoms with Crippen molar-refractivity contribution in [1.82, 2.24) is 5.43 Å². The largest absolute Gasteiger partial charge is 0.271 e. The quantitative estimate of drug-likeness (QED) is 0.671. The van der Waals surface area contributed by atoms with E-state index in [0.29, 0.717) is 5.56 Å². The van der Waals surface area contributed by atoms with E-state index in [1.807, 2.05) is 57.2 Å². The number of nitrogens with zero attached hydrogens (tertiary/aromatic N) is 1. The summed E-state index contributed by atoms with van der Waals surface area (Å²) in [7, 11) is 0. The molecule has 3 nitrogen and oxygen atoms in total. The number of aryl methyl sites for hydroxylation is 2. The maximum Gasteiger partial charge on any atom is 0.271 e. The van der Waals surface area contributed by atoms with Crippen LogP contribution in [0, 0.1) is 13.8 Å². The smallest absolute Gasteiger partial charge is 0.267 e. The van der Waals surface area contributed by atoms with Crippen molar-refractivity contribution in [3.8, 4) is 0 Å². The molecule has 0 spiro atoms. The van der Waals surface area contributed by atoms with Crippen LogP contribution in [0.15, 0.2) is 53.6 Å². The van der Waals surface area contributed by atoms with Crippen molar-refractivity contribution in [3.05, 3.63) is 70.8 Å². The molecule has 0 saturated heterocycles. The molecular weight excluding hydrogens is 260 g/mol. The topological polar surface area (TPSA) is 41.5 Å². The fourth-order valence-electron chi connectivity index (χ4n) is 1.98. The van der Waals surface area contributed by atoms with Gasteiger partial charge in [0.1, 0.15) is 0 Å². The highest BCUT2D eigenvalue weighted by atomic mass is 16.2. The van der Waals surface area contributed by atoms with Gasteiger partial charge in [-0.2, -0.15) is 5.10 Å². The first-order chi connectivity index (χ1) is 10.1. The second-order valence-electron chi connectivity index (χ2n) is 5.09. The van der Waals surface area contributed by atoms with E-state index in [1.54, 1.807) is 12.1 Å². The van der Waals surface area contributed by atoms with Gasteiger partial charge in [-0.05, 0) is 38.0 Å². The van der Waals surface area contributed by atoms with Gasteiger partial charge in [0.2, 0.25) is 0 Å². The van der Waals surface area contributed by atoms with Crippen LogP contribution in [0.3, 0.4) is 0 Å². The molecule has 21 heavy (non-hydrogen) atoms. The molecule has 2 aromatic carbocycles. The molecule has 0 unspecified atom stereocenters. The van der Waals surface area contributed by atoms with Gasteiger partial charge in [0.25, 0.3) is 5.91 Å². The average molecular weight is 280 g/mol. The zero-order valence-electron chi connectivity index (χ0n) is 12.7. The van der Waals surface area contributed by atoms with Crippen LogP contribution in [0.25, 0.3) is 0 Å². The lowest BCUT2D eigenvalue weighted by Crippen LogP contribution is -2.19. The number of carbonyl (C=O) groups is 1. The number of amides is 1. The molecule has 2 rings (SSSR count). The summed E-state index contributed by atoms with van der Waals surface area (Å²) < 4.78 is 0. The molecule has 0 heterocycles. The number of benzene rings is 2. The predicted octanol–water partition coefficient (Wildman–Crippen LogP) is 3.85. The van der Waals surface area contributed by atoms with Crippen LogP contribution in [0.4, 0.5) is 0 Å². The molecule has 1 amide bonds. The van der Waals surface area contributed by atoms with Crippen LogP contribution < -0.4 is 5.43 Å². The Morgan fingerprint density at radius 1 is 0.905 bits per heavy atom. The summed E-state index contributed by atoms with van der Waals surface area (Å²) in [5.41, 5.74) is 7.49. The van der Waals surface area contributed by atoms with E-state index in [1.165, 1.54) is 5.56 Å². The van der Waals surface area contributed by atoms with Gasteiger partial charge in [-0.25, -0.2) is 5.43 Å². The molecule has 0 aliphatic rings. The van der Waals surface area contributed by atoms with Gasteiger partial charge in [0.15, 0.2) is 0 Å². The van der Waals surface area contributed by atoms with Gasteiger partial charge in [0.05, 0.1) is 5.71 Å². The van der Waals surface area contributed by atoms with E-state index >= 15 is 0 Å². The highest BCUT2D eigenvalue weighted by Gasteiger charge is 2.05. The molecule has 108 valence electrons. The number of hydrogen-bond donors (Lipinski definition) is 1. The molecule has 0 aliphatic heterocycles. The minimum atomic E-state index is -0.187. The zero-order chi connectivity index (χ0) is 15.2. The molecule has 0 aromatic heterocycles. The normalized spacial score (nSPS) is 11.3. The number of hydrazone groups is 1. The molecular formula is C18H20N2O. The maximum atomic E-state index is 12.0. The van der Waals surface area contributed by atoms with Crippen molar-refractivity contribution in [2.24, 2.45) is 5.10 Å². The van der Waals surface area contributed by atoms with Crippen LogP contribution in [0.5, 0.6) is 0 Å². The number of hydrogen-bond acceptors (Lipinski definition) is 2. The van der Waals surface area contributed by atoms with Gasteiger partial charge >= 0.3 is 0 Å². The Morgan fingerprint density at radius 2 is 1.38 bits per heavy atom. The van der Waals surface area contributed by atoms with E-state index in [-0.39, 0.29) is 5.91 Å². The first kappa shape index (κ1) is 15.0. The highest BCUT2D eigenvalue weighted by molar-refractivity contribution is 6.02. The lowest BCUT2D eigenvalue weighted by molar-refractivity contribution is 0.0955. The fourth-order valence-corrected chi connectivity index (χ4v) is 1.98. The first-order valence-corrected chi connectivity index (χ1v) is 7.10. The first-order valence-electron chi connectivity index (χ1n) is 7.10. The van der Waals surface area contributed by atoms with Crippen molar-refractivity contribution < 1.29 is 4.79 Å². The van der Waals surface area contributed by atoms with Crippen molar-refractivity contribution >= 4 is 11.6 Å². The second kappa shape index (κ2) is 6.84. The minimum absolute atomic E-state index is 0.187. The Hall–Kier alpha value is -2.42. The molecule has 0 fully saturated rings. The van der Waals surface area contributed by atoms with Gasteiger partial charge in [-0.1, -0.05) is 54.4 Å². The van der Waals surface area contributed by atoms with E-state index < -0.39 is 0 Å². The Bertz CT molecular complexity index is 640. The Kier molecular flexibility index (Phi) is 4.88. The molecule has 0 saturated carbocycles. The average Bonchev–Trinajstić information content (AvgIpc) is 2.50. The third-order valence-corrected chi connectivity index (χ3v) is 3.33. The van der Waals surface area contributed by atoms with E-state index in [9.17, 15) is 4.79 Å². The SMILES string of the molecule is CCC(=NNC(=O)c1ccc(C)cc1)c1ccc(C)cc1. The van der Waals surface area contributed by atoms with E-state index in [2.05, 4.69) is 10.5 Å². The number of nitrogens with one attached hydrogen (secondary N) is 1. The lowest BCUT2D eigenvalue weighted by Gasteiger charge is -2.06. The Balaban J connectivity index is 2.12. The van der Waals surface area contributed by atoms with Crippen LogP contribution >= 0.6 is 0 Å². The standard InChI is InChI=1S/C18H20N2O/c1-4-17(15-9-5-13(2)6-10-15)19-20-18(21)16-11-7-14(3)8-12-16/h5-12H,4H2,1-3H3,(H,20,21). The number of rotatable bonds is 4. The predicted molar refractivity (Wildman–Crippen MR) is 86.7 cm³/mol. The molecule has 2 aromatic rings. The molecule has 0 radical (unpaired) electrons. The summed E-state index contributed by atoms with van der Waals surface area (Å²) in [5.74, 6) is -0.187. The van der Waals surface area contributed by atoms with E-state index in [4.69, 9.17) is 0 Å². The monoisotopic (exact) mass is 280 g/mol. The summed E-state index contributed by atoms with van der Waals surface area (Å²) in [5, 5.41) is 4.26. The second-order valence-corrected chi connectivity index (χ2v) is 5.09. The summed E-state index contributed by atoms with van der Waals surface area (Å²) in [4.78, 5) is 12.0. The molecule has 0 aliphatic carbocycles. The molecule has 1 N–H and O–H groups in total. The maximum absolute atomic E-state index is 12.0. The zero-order valence-corrected chi connectivity index (χ0v) is 12.7. The van der Waals surface area contributed by atoms with Crippen LogP contribution in [-0.4, -0.2) is 11.6 Å². The summed E-state index contributed by atoms with van der Waals surface area (Å²) >= 11 is 0. The molecule has 0 bridgehead atoms.